The van der Waals surface area contributed by atoms with E-state index >= 15 is 0 Å². The van der Waals surface area contributed by atoms with Crippen LogP contribution in [0.1, 0.15) is 32.1 Å². The number of carbonyl (C=O) groups is 1. The largest absolute Gasteiger partial charge is 0.376 e. The Labute approximate surface area is 95.8 Å². The van der Waals surface area contributed by atoms with E-state index in [1.807, 2.05) is 0 Å². The Kier molecular flexibility index (Phi) is 1.78. The minimum atomic E-state index is -0.0570. The van der Waals surface area contributed by atoms with Crippen LogP contribution in [0.5, 0.6) is 0 Å². The third-order valence-corrected chi connectivity index (χ3v) is 5.65. The molecule has 1 heterocycles. The van der Waals surface area contributed by atoms with Crippen LogP contribution in [0.2, 0.25) is 0 Å². The number of rotatable bonds is 1. The van der Waals surface area contributed by atoms with Crippen LogP contribution in [-0.4, -0.2) is 28.7 Å². The number of aliphatic hydroxyl groups is 1. The second-order valence-electron chi connectivity index (χ2n) is 6.40. The zero-order chi connectivity index (χ0) is 10.9. The third-order valence-electron chi connectivity index (χ3n) is 5.65. The van der Waals surface area contributed by atoms with E-state index in [9.17, 15) is 9.90 Å². The Morgan fingerprint density at radius 1 is 1.06 bits per heavy atom. The summed E-state index contributed by atoms with van der Waals surface area (Å²) >= 11 is 0. The van der Waals surface area contributed by atoms with Gasteiger partial charge in [0.2, 0.25) is 5.91 Å². The lowest BCUT2D eigenvalue weighted by atomic mass is 9.67. The zero-order valence-corrected chi connectivity index (χ0v) is 9.51. The first-order valence-corrected chi connectivity index (χ1v) is 6.69. The monoisotopic (exact) mass is 221 g/mol. The van der Waals surface area contributed by atoms with Gasteiger partial charge in [0, 0.05) is 6.04 Å². The van der Waals surface area contributed by atoms with Gasteiger partial charge in [0.15, 0.2) is 0 Å². The maximum Gasteiger partial charge on any atom is 0.230 e. The average molecular weight is 221 g/mol. The molecule has 5 aliphatic rings. The summed E-state index contributed by atoms with van der Waals surface area (Å²) in [5, 5.41) is 9.29. The minimum absolute atomic E-state index is 0.0570. The summed E-state index contributed by atoms with van der Waals surface area (Å²) < 4.78 is 0. The van der Waals surface area contributed by atoms with E-state index in [0.29, 0.717) is 17.9 Å². The summed E-state index contributed by atoms with van der Waals surface area (Å²) in [5.74, 6) is 3.66. The molecule has 1 amide bonds. The molecule has 2 unspecified atom stereocenters. The number of nitrogens with zero attached hydrogens (tertiary/aromatic N) is 1. The third kappa shape index (κ3) is 1.01. The second kappa shape index (κ2) is 3.00. The highest BCUT2D eigenvalue weighted by Gasteiger charge is 2.59. The minimum Gasteiger partial charge on any atom is -0.376 e. The molecule has 88 valence electrons. The van der Waals surface area contributed by atoms with Crippen LogP contribution in [0.25, 0.3) is 0 Å². The lowest BCUT2D eigenvalue weighted by Gasteiger charge is -2.50. The van der Waals surface area contributed by atoms with Crippen molar-refractivity contribution < 1.29 is 9.90 Å². The van der Waals surface area contributed by atoms with E-state index in [4.69, 9.17) is 0 Å². The van der Waals surface area contributed by atoms with Crippen molar-refractivity contribution in [2.24, 2.45) is 29.6 Å². The summed E-state index contributed by atoms with van der Waals surface area (Å²) in [6, 6.07) is 0.401. The van der Waals surface area contributed by atoms with E-state index in [0.717, 1.165) is 11.8 Å². The van der Waals surface area contributed by atoms with Crippen molar-refractivity contribution in [1.82, 2.24) is 4.90 Å². The van der Waals surface area contributed by atoms with Crippen molar-refractivity contribution in [3.8, 4) is 0 Å². The lowest BCUT2D eigenvalue weighted by Crippen LogP contribution is -2.64. The standard InChI is InChI=1S/C13H19NO2/c15-6-14-12-10-4-7-1-8(5-10)3-9(2-7)11(12)13(14)16/h7-12,15H,1-6H2/t7-,8+,9?,10?,11-,12+/m0/s1. The molecule has 1 N–H and O–H groups in total. The van der Waals surface area contributed by atoms with Crippen LogP contribution in [0.15, 0.2) is 0 Å². The topological polar surface area (TPSA) is 40.5 Å². The molecule has 5 rings (SSSR count). The SMILES string of the molecule is O=C1[C@H]2C3C[C@H]4CC(C[C@@H](C3)C4)[C@H]2N1CO. The van der Waals surface area contributed by atoms with Crippen LogP contribution in [0.4, 0.5) is 0 Å². The fourth-order valence-electron chi connectivity index (χ4n) is 5.31. The number of carbonyl (C=O) groups excluding carboxylic acids is 1. The van der Waals surface area contributed by atoms with Crippen molar-refractivity contribution in [2.75, 3.05) is 6.73 Å². The van der Waals surface area contributed by atoms with Gasteiger partial charge in [-0.2, -0.15) is 0 Å². The Morgan fingerprint density at radius 3 is 2.31 bits per heavy atom. The Hall–Kier alpha value is -0.570. The van der Waals surface area contributed by atoms with Crippen molar-refractivity contribution in [3.63, 3.8) is 0 Å². The van der Waals surface area contributed by atoms with Gasteiger partial charge in [-0.15, -0.1) is 0 Å². The van der Waals surface area contributed by atoms with Crippen LogP contribution in [0, 0.1) is 29.6 Å². The van der Waals surface area contributed by atoms with Gasteiger partial charge in [0.25, 0.3) is 0 Å². The number of amides is 1. The van der Waals surface area contributed by atoms with Crippen LogP contribution in [-0.2, 0) is 4.79 Å². The van der Waals surface area contributed by atoms with Crippen molar-refractivity contribution in [3.05, 3.63) is 0 Å². The number of aliphatic hydroxyl groups excluding tert-OH is 1. The van der Waals surface area contributed by atoms with Crippen LogP contribution >= 0.6 is 0 Å². The highest BCUT2D eigenvalue weighted by molar-refractivity contribution is 5.86. The molecule has 0 radical (unpaired) electrons. The van der Waals surface area contributed by atoms with E-state index in [1.165, 1.54) is 32.1 Å². The predicted molar refractivity (Wildman–Crippen MR) is 58.3 cm³/mol. The van der Waals surface area contributed by atoms with E-state index < -0.39 is 0 Å². The van der Waals surface area contributed by atoms with Gasteiger partial charge in [-0.25, -0.2) is 0 Å². The summed E-state index contributed by atoms with van der Waals surface area (Å²) in [7, 11) is 0. The van der Waals surface area contributed by atoms with Crippen molar-refractivity contribution in [2.45, 2.75) is 38.1 Å². The molecule has 0 spiro atoms. The zero-order valence-electron chi connectivity index (χ0n) is 9.51. The number of likely N-dealkylation sites (tertiary alicyclic amines) is 1. The maximum absolute atomic E-state index is 12.0. The number of hydrogen-bond acceptors (Lipinski definition) is 2. The van der Waals surface area contributed by atoms with E-state index in [1.54, 1.807) is 4.90 Å². The summed E-state index contributed by atoms with van der Waals surface area (Å²) in [6.45, 7) is -0.0570. The van der Waals surface area contributed by atoms with Gasteiger partial charge in [0.1, 0.15) is 6.73 Å². The molecule has 5 fully saturated rings. The van der Waals surface area contributed by atoms with Crippen molar-refractivity contribution in [1.29, 1.82) is 0 Å². The first-order valence-electron chi connectivity index (χ1n) is 6.69. The fraction of sp³-hybridized carbons (Fsp3) is 0.923. The molecule has 4 bridgehead atoms. The first kappa shape index (κ1) is 9.46. The molecule has 0 aromatic rings. The van der Waals surface area contributed by atoms with E-state index in [-0.39, 0.29) is 18.6 Å². The predicted octanol–water partition coefficient (Wildman–Crippen LogP) is 1.22. The van der Waals surface area contributed by atoms with E-state index in [2.05, 4.69) is 0 Å². The highest BCUT2D eigenvalue weighted by atomic mass is 16.3. The molecule has 16 heavy (non-hydrogen) atoms. The van der Waals surface area contributed by atoms with Gasteiger partial charge in [0.05, 0.1) is 5.92 Å². The number of hydrogen-bond donors (Lipinski definition) is 1. The second-order valence-corrected chi connectivity index (χ2v) is 6.40. The highest BCUT2D eigenvalue weighted by Crippen LogP contribution is 2.57. The molecule has 4 aliphatic carbocycles. The molecule has 3 heteroatoms. The molecule has 4 saturated carbocycles. The molecular weight excluding hydrogens is 202 g/mol. The van der Waals surface area contributed by atoms with Crippen LogP contribution < -0.4 is 0 Å². The molecule has 1 saturated heterocycles. The van der Waals surface area contributed by atoms with Gasteiger partial charge >= 0.3 is 0 Å². The average Bonchev–Trinajstić information content (AvgIpc) is 2.38. The lowest BCUT2D eigenvalue weighted by molar-refractivity contribution is -0.171. The van der Waals surface area contributed by atoms with Crippen molar-refractivity contribution >= 4 is 5.91 Å². The maximum atomic E-state index is 12.0. The fourth-order valence-corrected chi connectivity index (χ4v) is 5.31. The Balaban J connectivity index is 1.72. The van der Waals surface area contributed by atoms with Crippen LogP contribution in [0.3, 0.4) is 0 Å². The summed E-state index contributed by atoms with van der Waals surface area (Å²) in [5.41, 5.74) is 0. The van der Waals surface area contributed by atoms with Gasteiger partial charge in [-0.05, 0) is 55.8 Å². The Morgan fingerprint density at radius 2 is 1.69 bits per heavy atom. The molecule has 6 atom stereocenters. The van der Waals surface area contributed by atoms with Gasteiger partial charge in [-0.3, -0.25) is 4.79 Å². The first-order chi connectivity index (χ1) is 7.78. The van der Waals surface area contributed by atoms with Gasteiger partial charge < -0.3 is 10.0 Å². The Bertz CT molecular complexity index is 329. The molecule has 0 aromatic carbocycles. The number of β-lactam (4-membered cyclic amide) rings is 1. The quantitative estimate of drug-likeness (QED) is 0.676. The molecule has 3 nitrogen and oxygen atoms in total. The molecule has 0 aromatic heterocycles. The molecule has 1 aliphatic heterocycles. The summed E-state index contributed by atoms with van der Waals surface area (Å²) in [6.07, 6.45) is 6.63. The normalized spacial score (nSPS) is 53.6. The summed E-state index contributed by atoms with van der Waals surface area (Å²) in [4.78, 5) is 13.7. The smallest absolute Gasteiger partial charge is 0.230 e. The molecular formula is C13H19NO2. The van der Waals surface area contributed by atoms with Gasteiger partial charge in [-0.1, -0.05) is 0 Å².